The van der Waals surface area contributed by atoms with Gasteiger partial charge in [0.1, 0.15) is 0 Å². The van der Waals surface area contributed by atoms with Gasteiger partial charge in [0, 0.05) is 23.6 Å². The van der Waals surface area contributed by atoms with Gasteiger partial charge in [0.05, 0.1) is 11.7 Å². The van der Waals surface area contributed by atoms with E-state index in [0.717, 1.165) is 38.0 Å². The van der Waals surface area contributed by atoms with Gasteiger partial charge in [-0.1, -0.05) is 23.4 Å². The second-order valence-corrected chi connectivity index (χ2v) is 7.27. The Labute approximate surface area is 158 Å². The number of fused-ring (bicyclic) bond motifs is 1. The van der Waals surface area contributed by atoms with Gasteiger partial charge in [-0.2, -0.15) is 0 Å². The third-order valence-corrected chi connectivity index (χ3v) is 5.49. The number of amides is 1. The average Bonchev–Trinajstić information content (AvgIpc) is 3.27. The number of carbonyl (C=O) groups is 1. The van der Waals surface area contributed by atoms with Gasteiger partial charge in [-0.3, -0.25) is 4.79 Å². The van der Waals surface area contributed by atoms with Crippen LogP contribution in [-0.4, -0.2) is 45.5 Å². The highest BCUT2D eigenvalue weighted by Gasteiger charge is 2.22. The lowest BCUT2D eigenvalue weighted by Gasteiger charge is -2.23. The number of nitrogens with one attached hydrogen (secondary N) is 3. The molecule has 4 rings (SSSR count). The summed E-state index contributed by atoms with van der Waals surface area (Å²) >= 11 is 0. The molecule has 0 atom stereocenters. The van der Waals surface area contributed by atoms with Crippen LogP contribution < -0.4 is 10.6 Å². The third kappa shape index (κ3) is 3.47. The minimum absolute atomic E-state index is 0.149. The molecule has 3 heterocycles. The first-order valence-electron chi connectivity index (χ1n) is 9.61. The lowest BCUT2D eigenvalue weighted by Crippen LogP contribution is -2.30. The number of hydrogen-bond acceptors (Lipinski definition) is 4. The Hall–Kier alpha value is -2.67. The zero-order valence-corrected chi connectivity index (χ0v) is 15.9. The van der Waals surface area contributed by atoms with E-state index in [2.05, 4.69) is 51.1 Å². The number of piperidine rings is 1. The summed E-state index contributed by atoms with van der Waals surface area (Å²) in [5.74, 6) is -0.149. The van der Waals surface area contributed by atoms with Gasteiger partial charge in [-0.05, 0) is 57.3 Å². The van der Waals surface area contributed by atoms with Crippen LogP contribution in [0.25, 0.3) is 10.9 Å². The van der Waals surface area contributed by atoms with Gasteiger partial charge in [0.25, 0.3) is 5.91 Å². The molecule has 2 aromatic heterocycles. The third-order valence-electron chi connectivity index (χ3n) is 5.49. The van der Waals surface area contributed by atoms with Gasteiger partial charge in [-0.15, -0.1) is 5.10 Å². The number of aromatic nitrogens is 4. The lowest BCUT2D eigenvalue weighted by molar-refractivity contribution is 0.0948. The number of aryl methyl sites for hydroxylation is 1. The number of carbonyl (C=O) groups excluding carboxylic acids is 1. The summed E-state index contributed by atoms with van der Waals surface area (Å²) < 4.78 is 1.91. The van der Waals surface area contributed by atoms with Gasteiger partial charge in [0.15, 0.2) is 5.69 Å². The van der Waals surface area contributed by atoms with Crippen LogP contribution in [0.4, 0.5) is 0 Å². The predicted molar refractivity (Wildman–Crippen MR) is 105 cm³/mol. The molecular weight excluding hydrogens is 340 g/mol. The summed E-state index contributed by atoms with van der Waals surface area (Å²) in [6.07, 6.45) is 4.84. The van der Waals surface area contributed by atoms with Crippen molar-refractivity contribution < 1.29 is 4.79 Å². The molecule has 142 valence electrons. The van der Waals surface area contributed by atoms with Crippen LogP contribution in [0.3, 0.4) is 0 Å². The second-order valence-electron chi connectivity index (χ2n) is 7.27. The lowest BCUT2D eigenvalue weighted by atomic mass is 10.1. The molecule has 3 N–H and O–H groups in total. The maximum atomic E-state index is 12.6. The van der Waals surface area contributed by atoms with Crippen molar-refractivity contribution in [3.63, 3.8) is 0 Å². The van der Waals surface area contributed by atoms with Crippen molar-refractivity contribution in [3.8, 4) is 0 Å². The summed E-state index contributed by atoms with van der Waals surface area (Å²) in [5, 5.41) is 15.9. The fourth-order valence-electron chi connectivity index (χ4n) is 3.91. The minimum atomic E-state index is -0.149. The molecule has 7 heteroatoms. The standard InChI is InChI=1S/C20H26N6O/c1-13-4-3-5-17-15(12-23-18(13)17)6-11-22-20(27)19-14(2)26(25-24-19)16-7-9-21-10-8-16/h3-5,12,16,21,23H,6-11H2,1-2H3,(H,22,27). The van der Waals surface area contributed by atoms with Crippen molar-refractivity contribution in [1.29, 1.82) is 0 Å². The van der Waals surface area contributed by atoms with Crippen molar-refractivity contribution in [2.24, 2.45) is 0 Å². The van der Waals surface area contributed by atoms with Crippen LogP contribution in [0.1, 0.15) is 46.2 Å². The monoisotopic (exact) mass is 366 g/mol. The van der Waals surface area contributed by atoms with E-state index in [0.29, 0.717) is 18.3 Å². The van der Waals surface area contributed by atoms with Crippen molar-refractivity contribution >= 4 is 16.8 Å². The van der Waals surface area contributed by atoms with Crippen molar-refractivity contribution in [1.82, 2.24) is 30.6 Å². The molecule has 0 bridgehead atoms. The molecular formula is C20H26N6O. The van der Waals surface area contributed by atoms with Crippen molar-refractivity contribution in [2.75, 3.05) is 19.6 Å². The normalized spacial score (nSPS) is 15.3. The molecule has 0 unspecified atom stereocenters. The Kier molecular flexibility index (Phi) is 4.94. The molecule has 3 aromatic rings. The molecule has 0 radical (unpaired) electrons. The number of benzene rings is 1. The smallest absolute Gasteiger partial charge is 0.273 e. The zero-order chi connectivity index (χ0) is 18.8. The van der Waals surface area contributed by atoms with Crippen LogP contribution in [0.2, 0.25) is 0 Å². The van der Waals surface area contributed by atoms with Gasteiger partial charge >= 0.3 is 0 Å². The Balaban J connectivity index is 1.39. The molecule has 0 saturated carbocycles. The van der Waals surface area contributed by atoms with E-state index in [9.17, 15) is 4.79 Å². The number of hydrogen-bond donors (Lipinski definition) is 3. The van der Waals surface area contributed by atoms with Crippen molar-refractivity contribution in [2.45, 2.75) is 39.2 Å². The number of para-hydroxylation sites is 1. The SMILES string of the molecule is Cc1cccc2c(CCNC(=O)c3nnn(C4CCNCC4)c3C)c[nH]c12. The van der Waals surface area contributed by atoms with Crippen LogP contribution in [-0.2, 0) is 6.42 Å². The van der Waals surface area contributed by atoms with E-state index in [1.165, 1.54) is 22.0 Å². The summed E-state index contributed by atoms with van der Waals surface area (Å²) in [4.78, 5) is 15.9. The number of H-pyrrole nitrogens is 1. The first-order chi connectivity index (χ1) is 13.1. The Morgan fingerprint density at radius 1 is 1.30 bits per heavy atom. The molecule has 1 saturated heterocycles. The van der Waals surface area contributed by atoms with Crippen LogP contribution in [0.5, 0.6) is 0 Å². The molecule has 1 aliphatic heterocycles. The molecule has 7 nitrogen and oxygen atoms in total. The van der Waals surface area contributed by atoms with Gasteiger partial charge in [-0.25, -0.2) is 4.68 Å². The Morgan fingerprint density at radius 3 is 2.93 bits per heavy atom. The fourth-order valence-corrected chi connectivity index (χ4v) is 3.91. The molecule has 1 aliphatic rings. The Morgan fingerprint density at radius 2 is 2.11 bits per heavy atom. The predicted octanol–water partition coefficient (Wildman–Crippen LogP) is 2.27. The molecule has 27 heavy (non-hydrogen) atoms. The van der Waals surface area contributed by atoms with Crippen LogP contribution in [0.15, 0.2) is 24.4 Å². The van der Waals surface area contributed by atoms with E-state index in [1.54, 1.807) is 0 Å². The maximum Gasteiger partial charge on any atom is 0.273 e. The Bertz CT molecular complexity index is 951. The molecule has 1 aromatic carbocycles. The number of aromatic amines is 1. The quantitative estimate of drug-likeness (QED) is 0.646. The molecule has 1 amide bonds. The summed E-state index contributed by atoms with van der Waals surface area (Å²) in [7, 11) is 0. The summed E-state index contributed by atoms with van der Waals surface area (Å²) in [6.45, 7) is 6.56. The molecule has 0 aliphatic carbocycles. The first kappa shape index (κ1) is 17.7. The summed E-state index contributed by atoms with van der Waals surface area (Å²) in [5.41, 5.74) is 4.89. The highest BCUT2D eigenvalue weighted by atomic mass is 16.2. The van der Waals surface area contributed by atoms with E-state index in [-0.39, 0.29) is 5.91 Å². The van der Waals surface area contributed by atoms with Crippen LogP contribution in [0, 0.1) is 13.8 Å². The van der Waals surface area contributed by atoms with Crippen molar-refractivity contribution in [3.05, 3.63) is 46.9 Å². The second kappa shape index (κ2) is 7.52. The topological polar surface area (TPSA) is 87.6 Å². The average molecular weight is 366 g/mol. The zero-order valence-electron chi connectivity index (χ0n) is 15.9. The molecule has 0 spiro atoms. The fraction of sp³-hybridized carbons (Fsp3) is 0.450. The largest absolute Gasteiger partial charge is 0.361 e. The number of nitrogens with zero attached hydrogens (tertiary/aromatic N) is 3. The van der Waals surface area contributed by atoms with E-state index < -0.39 is 0 Å². The molecule has 1 fully saturated rings. The van der Waals surface area contributed by atoms with Gasteiger partial charge < -0.3 is 15.6 Å². The van der Waals surface area contributed by atoms with Gasteiger partial charge in [0.2, 0.25) is 0 Å². The van der Waals surface area contributed by atoms with E-state index in [1.807, 2.05) is 17.8 Å². The highest BCUT2D eigenvalue weighted by Crippen LogP contribution is 2.22. The summed E-state index contributed by atoms with van der Waals surface area (Å²) in [6, 6.07) is 6.61. The minimum Gasteiger partial charge on any atom is -0.361 e. The highest BCUT2D eigenvalue weighted by molar-refractivity contribution is 5.93. The van der Waals surface area contributed by atoms with E-state index in [4.69, 9.17) is 0 Å². The first-order valence-corrected chi connectivity index (χ1v) is 9.61. The van der Waals surface area contributed by atoms with E-state index >= 15 is 0 Å². The number of rotatable bonds is 5. The maximum absolute atomic E-state index is 12.6. The van der Waals surface area contributed by atoms with Crippen LogP contribution >= 0.6 is 0 Å².